The molecule has 2 aromatic rings. The van der Waals surface area contributed by atoms with Crippen LogP contribution in [-0.2, 0) is 75.2 Å². The van der Waals surface area contributed by atoms with Crippen molar-refractivity contribution >= 4 is 94.5 Å². The number of guanidine groups is 1. The van der Waals surface area contributed by atoms with E-state index in [0.29, 0.717) is 55.4 Å². The summed E-state index contributed by atoms with van der Waals surface area (Å²) in [4.78, 5) is 185. The Morgan fingerprint density at radius 1 is 0.537 bits per heavy atom. The van der Waals surface area contributed by atoms with Gasteiger partial charge in [0.2, 0.25) is 76.8 Å². The van der Waals surface area contributed by atoms with Gasteiger partial charge in [-0.3, -0.25) is 67.3 Å². The van der Waals surface area contributed by atoms with Crippen LogP contribution in [0.15, 0.2) is 65.7 Å². The average Bonchev–Trinajstić information content (AvgIpc) is 1.74. The molecule has 2 saturated heterocycles. The number of hydrogen-bond donors (Lipinski definition) is 15. The van der Waals surface area contributed by atoms with Gasteiger partial charge in [-0.05, 0) is 119 Å². The summed E-state index contributed by atoms with van der Waals surface area (Å²) >= 11 is 1.45. The number of nitrogens with two attached hydrogens (primary N) is 7. The Morgan fingerprint density at radius 2 is 1.01 bits per heavy atom. The van der Waals surface area contributed by atoms with E-state index in [-0.39, 0.29) is 83.0 Å². The zero-order valence-electron chi connectivity index (χ0n) is 54.5. The lowest BCUT2D eigenvalue weighted by Gasteiger charge is -2.32. The summed E-state index contributed by atoms with van der Waals surface area (Å²) in [5.74, 6) is -9.80. The second-order valence-corrected chi connectivity index (χ2v) is 25.1. The summed E-state index contributed by atoms with van der Waals surface area (Å²) in [7, 11) is 0. The van der Waals surface area contributed by atoms with Crippen molar-refractivity contribution in [2.45, 2.75) is 183 Å². The average molecular weight is 1350 g/mol. The predicted molar refractivity (Wildman–Crippen MR) is 356 cm³/mol. The maximum absolute atomic E-state index is 14.7. The maximum atomic E-state index is 14.7. The molecule has 0 radical (unpaired) electrons. The third-order valence-electron chi connectivity index (χ3n) is 16.0. The van der Waals surface area contributed by atoms with E-state index in [4.69, 9.17) is 40.1 Å². The van der Waals surface area contributed by atoms with E-state index in [9.17, 15) is 62.3 Å². The number of aliphatic imine (C=N–C) groups is 1. The minimum absolute atomic E-state index is 0.0736. The molecule has 0 aliphatic carbocycles. The summed E-state index contributed by atoms with van der Waals surface area (Å²) in [6, 6.07) is 4.51. The molecule has 4 rings (SSSR count). The molecule has 0 bridgehead atoms. The van der Waals surface area contributed by atoms with Gasteiger partial charge in [0.15, 0.2) is 5.96 Å². The van der Waals surface area contributed by atoms with Gasteiger partial charge >= 0.3 is 0 Å². The van der Waals surface area contributed by atoms with Crippen LogP contribution in [0.5, 0.6) is 0 Å². The van der Waals surface area contributed by atoms with Crippen LogP contribution in [0.3, 0.4) is 0 Å². The molecular weight excluding hydrogens is 1250 g/mol. The van der Waals surface area contributed by atoms with Gasteiger partial charge in [-0.15, -0.1) is 0 Å². The fourth-order valence-corrected chi connectivity index (χ4v) is 11.5. The molecule has 22 N–H and O–H groups in total. The highest BCUT2D eigenvalue weighted by molar-refractivity contribution is 7.98. The minimum Gasteiger partial charge on any atom is -0.370 e. The smallest absolute Gasteiger partial charge is 0.245 e. The first-order valence-electron chi connectivity index (χ1n) is 32.2. The normalized spacial score (nSPS) is 16.8. The van der Waals surface area contributed by atoms with Gasteiger partial charge in [0.05, 0.1) is 12.6 Å². The van der Waals surface area contributed by atoms with Gasteiger partial charge in [0.1, 0.15) is 54.4 Å². The molecule has 0 aromatic heterocycles. The Bertz CT molecular complexity index is 2960. The van der Waals surface area contributed by atoms with Gasteiger partial charge in [-0.1, -0.05) is 74.5 Å². The lowest BCUT2D eigenvalue weighted by atomic mass is 10.0. The standard InChI is InChI=1S/C63H98N18O13S/c1-37(2)33-45(57(89)74-41(53(68)85)27-32-95-3)73-52(84)36-72-54(86)46(34-38-15-6-4-7-16-38)78-58(90)47(35-39-17-8-5-9-18-39)79-56(88)42(23-25-50(66)82)75-55(87)43(24-26-51(67)83)76-59(91)49-22-14-31-81(49)62(94)44(20-10-11-28-64)77-60(92)48-21-13-30-80(48)61(93)40(65)19-12-29-71-63(69)70/h4-9,15-18,37,40-49H,10-14,19-36,64-65H2,1-3H3,(H2,66,82)(H2,67,83)(H2,68,85)(H,72,86)(H,73,84)(H,74,89)(H,75,87)(H,76,91)(H,77,92)(H,78,90)(H,79,88)(H4,69,70,71)/t40-,41+,42+,43+,44+,45+,46-,47-,48+,49-/m1/s1. The van der Waals surface area contributed by atoms with Gasteiger partial charge in [-0.2, -0.15) is 11.8 Å². The number of unbranched alkanes of at least 4 members (excludes halogenated alkanes) is 1. The second kappa shape index (κ2) is 41.0. The molecule has 13 amide bonds. The van der Waals surface area contributed by atoms with E-state index >= 15 is 0 Å². The molecular formula is C63H98N18O13S. The first kappa shape index (κ1) is 78.5. The summed E-state index contributed by atoms with van der Waals surface area (Å²) in [6.07, 6.45) is 3.12. The van der Waals surface area contributed by atoms with Crippen molar-refractivity contribution in [2.24, 2.45) is 51.0 Å². The van der Waals surface area contributed by atoms with Crippen LogP contribution in [0, 0.1) is 5.92 Å². The zero-order valence-corrected chi connectivity index (χ0v) is 55.3. The first-order valence-corrected chi connectivity index (χ1v) is 33.6. The number of amides is 13. The van der Waals surface area contributed by atoms with Gasteiger partial charge < -0.3 is 92.5 Å². The van der Waals surface area contributed by atoms with E-state index in [2.05, 4.69) is 47.5 Å². The molecule has 2 aromatic carbocycles. The molecule has 2 aliphatic heterocycles. The number of likely N-dealkylation sites (tertiary alicyclic amines) is 2. The number of thioether (sulfide) groups is 1. The molecule has 32 heteroatoms. The topological polar surface area (TPSA) is 519 Å². The molecule has 0 unspecified atom stereocenters. The van der Waals surface area contributed by atoms with Gasteiger partial charge in [0.25, 0.3) is 0 Å². The monoisotopic (exact) mass is 1350 g/mol. The molecule has 0 saturated carbocycles. The molecule has 0 spiro atoms. The van der Waals surface area contributed by atoms with Crippen molar-refractivity contribution < 1.29 is 62.3 Å². The van der Waals surface area contributed by atoms with E-state index in [0.717, 1.165) is 0 Å². The van der Waals surface area contributed by atoms with Crippen LogP contribution in [-0.4, -0.2) is 198 Å². The predicted octanol–water partition coefficient (Wildman–Crippen LogP) is -3.71. The molecule has 2 fully saturated rings. The van der Waals surface area contributed by atoms with Crippen molar-refractivity contribution in [3.8, 4) is 0 Å². The van der Waals surface area contributed by atoms with Crippen LogP contribution in [0.1, 0.15) is 121 Å². The third-order valence-corrected chi connectivity index (χ3v) is 16.7. The van der Waals surface area contributed by atoms with Crippen LogP contribution in [0.2, 0.25) is 0 Å². The highest BCUT2D eigenvalue weighted by atomic mass is 32.2. The fourth-order valence-electron chi connectivity index (χ4n) is 11.0. The lowest BCUT2D eigenvalue weighted by molar-refractivity contribution is -0.144. The van der Waals surface area contributed by atoms with E-state index in [1.165, 1.54) is 21.6 Å². The molecule has 95 heavy (non-hydrogen) atoms. The largest absolute Gasteiger partial charge is 0.370 e. The zero-order chi connectivity index (χ0) is 70.1. The highest BCUT2D eigenvalue weighted by Crippen LogP contribution is 2.24. The number of carbonyl (C=O) groups is 13. The number of primary amides is 3. The Kier molecular flexibility index (Phi) is 33.9. The van der Waals surface area contributed by atoms with Crippen LogP contribution in [0.25, 0.3) is 0 Å². The number of rotatable bonds is 42. The number of benzene rings is 2. The SMILES string of the molecule is CSCC[C@H](NC(=O)[C@H](CC(C)C)NC(=O)CNC(=O)[C@@H](Cc1ccccc1)NC(=O)[C@@H](Cc1ccccc1)NC(=O)[C@H](CCC(N)=O)NC(=O)[C@H](CCC(N)=O)NC(=O)[C@H]1CCCN1C(=O)[C@H](CCCCN)NC(=O)[C@@H]1CCCN1C(=O)[C@H](N)CCCN=C(N)N)C(N)=O. The number of nitrogens with zero attached hydrogens (tertiary/aromatic N) is 3. The number of hydrogen-bond acceptors (Lipinski definition) is 17. The van der Waals surface area contributed by atoms with Crippen molar-refractivity contribution in [3.63, 3.8) is 0 Å². The van der Waals surface area contributed by atoms with Crippen LogP contribution >= 0.6 is 11.8 Å². The summed E-state index contributed by atoms with van der Waals surface area (Å²) < 4.78 is 0. The number of nitrogens with one attached hydrogen (secondary N) is 8. The Labute approximate surface area is 558 Å². The minimum atomic E-state index is -1.64. The molecule has 31 nitrogen and oxygen atoms in total. The lowest BCUT2D eigenvalue weighted by Crippen LogP contribution is -2.60. The molecule has 2 heterocycles. The van der Waals surface area contributed by atoms with Crippen molar-refractivity contribution in [2.75, 3.05) is 44.7 Å². The van der Waals surface area contributed by atoms with E-state index < -0.39 is 169 Å². The van der Waals surface area contributed by atoms with Crippen molar-refractivity contribution in [1.29, 1.82) is 0 Å². The Balaban J connectivity index is 1.56. The van der Waals surface area contributed by atoms with Crippen LogP contribution in [0.4, 0.5) is 0 Å². The Hall–Kier alpha value is -8.91. The third kappa shape index (κ3) is 27.5. The van der Waals surface area contributed by atoms with Crippen LogP contribution < -0.4 is 82.7 Å². The second-order valence-electron chi connectivity index (χ2n) is 24.1. The number of carbonyl (C=O) groups excluding carboxylic acids is 13. The first-order chi connectivity index (χ1) is 45.2. The summed E-state index contributed by atoms with van der Waals surface area (Å²) in [6.45, 7) is 3.86. The van der Waals surface area contributed by atoms with E-state index in [1.54, 1.807) is 60.7 Å². The fraction of sp³-hybridized carbons (Fsp3) is 0.587. The molecule has 524 valence electrons. The maximum Gasteiger partial charge on any atom is 0.245 e. The van der Waals surface area contributed by atoms with Crippen molar-refractivity contribution in [3.05, 3.63) is 71.8 Å². The Morgan fingerprint density at radius 3 is 1.51 bits per heavy atom. The molecule has 2 aliphatic rings. The highest BCUT2D eigenvalue weighted by Gasteiger charge is 2.42. The summed E-state index contributed by atoms with van der Waals surface area (Å²) in [5.41, 5.74) is 40.6. The summed E-state index contributed by atoms with van der Waals surface area (Å²) in [5, 5.41) is 21.1. The quantitative estimate of drug-likeness (QED) is 0.0173. The van der Waals surface area contributed by atoms with Crippen molar-refractivity contribution in [1.82, 2.24) is 52.3 Å². The van der Waals surface area contributed by atoms with Gasteiger partial charge in [0, 0.05) is 45.3 Å². The van der Waals surface area contributed by atoms with E-state index in [1.807, 2.05) is 20.1 Å². The van der Waals surface area contributed by atoms with Gasteiger partial charge in [-0.25, -0.2) is 0 Å². The molecule has 10 atom stereocenters.